The van der Waals surface area contributed by atoms with Crippen molar-refractivity contribution in [2.75, 3.05) is 37.4 Å². The lowest BCUT2D eigenvalue weighted by Gasteiger charge is -2.35. The summed E-state index contributed by atoms with van der Waals surface area (Å²) in [5.41, 5.74) is 1.58. The van der Waals surface area contributed by atoms with E-state index in [4.69, 9.17) is 37.2 Å². The van der Waals surface area contributed by atoms with Crippen LogP contribution in [-0.2, 0) is 13.6 Å². The molecule has 4 rings (SSSR count). The summed E-state index contributed by atoms with van der Waals surface area (Å²) in [6.45, 7) is 5.98. The number of halogens is 2. The first kappa shape index (κ1) is 23.5. The maximum atomic E-state index is 13.1. The highest BCUT2D eigenvalue weighted by Gasteiger charge is 2.32. The largest absolute Gasteiger partial charge is 0.356 e. The minimum Gasteiger partial charge on any atom is -0.356 e. The Bertz CT molecular complexity index is 1120. The van der Waals surface area contributed by atoms with Crippen LogP contribution >= 0.6 is 30.8 Å². The second-order valence-electron chi connectivity index (χ2n) is 7.81. The predicted octanol–water partition coefficient (Wildman–Crippen LogP) is 6.21. The summed E-state index contributed by atoms with van der Waals surface area (Å²) in [5.74, 6) is 0.981. The van der Waals surface area contributed by atoms with Gasteiger partial charge in [-0.15, -0.1) is 0 Å². The molecule has 7 nitrogen and oxygen atoms in total. The summed E-state index contributed by atoms with van der Waals surface area (Å²) in [4.78, 5) is 11.3. The highest BCUT2D eigenvalue weighted by Crippen LogP contribution is 2.50. The Kier molecular flexibility index (Phi) is 7.43. The molecule has 1 aliphatic rings. The van der Waals surface area contributed by atoms with Gasteiger partial charge in [-0.3, -0.25) is 4.57 Å². The Morgan fingerprint density at radius 1 is 1.22 bits per heavy atom. The van der Waals surface area contributed by atoms with E-state index in [1.54, 1.807) is 18.6 Å². The van der Waals surface area contributed by atoms with E-state index < -0.39 is 7.60 Å². The highest BCUT2D eigenvalue weighted by molar-refractivity contribution is 7.53. The minimum atomic E-state index is -3.11. The van der Waals surface area contributed by atoms with Crippen LogP contribution in [0.1, 0.15) is 26.7 Å². The van der Waals surface area contributed by atoms with Gasteiger partial charge >= 0.3 is 7.60 Å². The van der Waals surface area contributed by atoms with E-state index in [2.05, 4.69) is 9.88 Å². The van der Waals surface area contributed by atoms with Crippen molar-refractivity contribution in [3.63, 3.8) is 0 Å². The van der Waals surface area contributed by atoms with Crippen molar-refractivity contribution in [3.05, 3.63) is 47.0 Å². The Morgan fingerprint density at radius 3 is 2.69 bits per heavy atom. The maximum absolute atomic E-state index is 13.1. The standard InChI is InChI=1S/C22H27Cl2N4O3P/c1-3-30-32(29,31-4-2)14-16-6-5-10-27(13-16)20-12-19(28-11-9-25-15-28)17-7-8-18(23)21(24)22(17)26-20/h7-9,11-12,15-16H,3-6,10,13-14H2,1-2H3. The quantitative estimate of drug-likeness (QED) is 0.345. The van der Waals surface area contributed by atoms with Gasteiger partial charge in [0.05, 0.1) is 47.0 Å². The summed E-state index contributed by atoms with van der Waals surface area (Å²) < 4.78 is 26.1. The first-order valence-electron chi connectivity index (χ1n) is 10.8. The Morgan fingerprint density at radius 2 is 2.00 bits per heavy atom. The number of nitrogens with zero attached hydrogens (tertiary/aromatic N) is 4. The zero-order valence-electron chi connectivity index (χ0n) is 18.2. The molecule has 2 aromatic heterocycles. The average molecular weight is 497 g/mol. The second kappa shape index (κ2) is 10.1. The fourth-order valence-corrected chi connectivity index (χ4v) is 6.62. The molecule has 32 heavy (non-hydrogen) atoms. The summed E-state index contributed by atoms with van der Waals surface area (Å²) in [6, 6.07) is 5.75. The third kappa shape index (κ3) is 4.97. The second-order valence-corrected chi connectivity index (χ2v) is 10.7. The van der Waals surface area contributed by atoms with Crippen LogP contribution < -0.4 is 4.90 Å². The number of rotatable bonds is 8. The van der Waals surface area contributed by atoms with Gasteiger partial charge in [0.2, 0.25) is 0 Å². The van der Waals surface area contributed by atoms with Gasteiger partial charge in [0.15, 0.2) is 0 Å². The molecule has 1 fully saturated rings. The molecule has 1 aromatic carbocycles. The van der Waals surface area contributed by atoms with Crippen molar-refractivity contribution < 1.29 is 13.6 Å². The molecule has 0 spiro atoms. The molecular formula is C22H27Cl2N4O3P. The van der Waals surface area contributed by atoms with E-state index in [9.17, 15) is 4.57 Å². The molecule has 1 unspecified atom stereocenters. The zero-order chi connectivity index (χ0) is 22.7. The molecular weight excluding hydrogens is 470 g/mol. The molecule has 0 aliphatic carbocycles. The number of hydrogen-bond donors (Lipinski definition) is 0. The van der Waals surface area contributed by atoms with Crippen molar-refractivity contribution >= 4 is 47.5 Å². The van der Waals surface area contributed by atoms with E-state index in [1.165, 1.54) is 0 Å². The van der Waals surface area contributed by atoms with E-state index in [0.717, 1.165) is 36.3 Å². The van der Waals surface area contributed by atoms with Crippen LogP contribution in [0, 0.1) is 5.92 Å². The summed E-state index contributed by atoms with van der Waals surface area (Å²) in [6.07, 6.45) is 7.71. The summed E-state index contributed by atoms with van der Waals surface area (Å²) in [7, 11) is -3.11. The lowest BCUT2D eigenvalue weighted by Crippen LogP contribution is -2.37. The van der Waals surface area contributed by atoms with Crippen LogP contribution in [0.25, 0.3) is 16.6 Å². The van der Waals surface area contributed by atoms with Gasteiger partial charge in [0, 0.05) is 36.9 Å². The van der Waals surface area contributed by atoms with E-state index >= 15 is 0 Å². The maximum Gasteiger partial charge on any atom is 0.331 e. The van der Waals surface area contributed by atoms with Crippen LogP contribution in [0.2, 0.25) is 10.0 Å². The van der Waals surface area contributed by atoms with Crippen LogP contribution in [0.5, 0.6) is 0 Å². The molecule has 0 bridgehead atoms. The zero-order valence-corrected chi connectivity index (χ0v) is 20.6. The van der Waals surface area contributed by atoms with Gasteiger partial charge in [-0.2, -0.15) is 0 Å². The molecule has 0 amide bonds. The first-order chi connectivity index (χ1) is 15.4. The van der Waals surface area contributed by atoms with Gasteiger partial charge in [-0.25, -0.2) is 9.97 Å². The molecule has 0 radical (unpaired) electrons. The Hall–Kier alpha value is -1.63. The smallest absolute Gasteiger partial charge is 0.331 e. The Labute approximate surface area is 198 Å². The molecule has 1 saturated heterocycles. The number of anilines is 1. The molecule has 1 aliphatic heterocycles. The number of piperidine rings is 1. The molecule has 1 atom stereocenters. The van der Waals surface area contributed by atoms with Gasteiger partial charge in [-0.1, -0.05) is 23.2 Å². The van der Waals surface area contributed by atoms with Crippen LogP contribution in [0.3, 0.4) is 0 Å². The van der Waals surface area contributed by atoms with Gasteiger partial charge < -0.3 is 18.5 Å². The van der Waals surface area contributed by atoms with Crippen molar-refractivity contribution in [2.45, 2.75) is 26.7 Å². The van der Waals surface area contributed by atoms with E-state index in [-0.39, 0.29) is 5.92 Å². The lowest BCUT2D eigenvalue weighted by atomic mass is 10.00. The number of fused-ring (bicyclic) bond motifs is 1. The van der Waals surface area contributed by atoms with Crippen LogP contribution in [0.15, 0.2) is 36.9 Å². The third-order valence-electron chi connectivity index (χ3n) is 5.60. The molecule has 172 valence electrons. The third-order valence-corrected chi connectivity index (χ3v) is 8.66. The molecule has 0 N–H and O–H groups in total. The topological polar surface area (TPSA) is 69.5 Å². The van der Waals surface area contributed by atoms with Crippen LogP contribution in [-0.4, -0.2) is 47.0 Å². The number of benzene rings is 1. The molecule has 0 saturated carbocycles. The summed E-state index contributed by atoms with van der Waals surface area (Å²) in [5, 5.41) is 1.79. The normalized spacial score (nSPS) is 17.2. The number of aromatic nitrogens is 3. The minimum absolute atomic E-state index is 0.178. The van der Waals surface area contributed by atoms with Gasteiger partial charge in [0.1, 0.15) is 5.82 Å². The SMILES string of the molecule is CCOP(=O)(CC1CCCN(c2cc(-n3ccnc3)c3ccc(Cl)c(Cl)c3n2)C1)OCC. The van der Waals surface area contributed by atoms with Gasteiger partial charge in [0.25, 0.3) is 0 Å². The molecule has 3 heterocycles. The predicted molar refractivity (Wildman–Crippen MR) is 130 cm³/mol. The number of hydrogen-bond acceptors (Lipinski definition) is 6. The fourth-order valence-electron chi connectivity index (χ4n) is 4.25. The van der Waals surface area contributed by atoms with Crippen molar-refractivity contribution in [1.29, 1.82) is 0 Å². The number of imidazole rings is 1. The lowest BCUT2D eigenvalue weighted by molar-refractivity contribution is 0.214. The summed E-state index contributed by atoms with van der Waals surface area (Å²) >= 11 is 12.8. The Balaban J connectivity index is 1.68. The number of pyridine rings is 1. The van der Waals surface area contributed by atoms with Crippen LogP contribution in [0.4, 0.5) is 5.82 Å². The average Bonchev–Trinajstić information content (AvgIpc) is 3.31. The van der Waals surface area contributed by atoms with E-state index in [0.29, 0.717) is 41.5 Å². The van der Waals surface area contributed by atoms with E-state index in [1.807, 2.05) is 36.7 Å². The van der Waals surface area contributed by atoms with Gasteiger partial charge in [-0.05, 0) is 44.7 Å². The van der Waals surface area contributed by atoms with Crippen molar-refractivity contribution in [1.82, 2.24) is 14.5 Å². The molecule has 10 heteroatoms. The monoisotopic (exact) mass is 496 g/mol. The molecule has 3 aromatic rings. The highest BCUT2D eigenvalue weighted by atomic mass is 35.5. The van der Waals surface area contributed by atoms with Crippen molar-refractivity contribution in [3.8, 4) is 5.69 Å². The fraction of sp³-hybridized carbons (Fsp3) is 0.455. The first-order valence-corrected chi connectivity index (χ1v) is 13.3. The van der Waals surface area contributed by atoms with Crippen molar-refractivity contribution in [2.24, 2.45) is 5.92 Å².